The van der Waals surface area contributed by atoms with Gasteiger partial charge in [-0.25, -0.2) is 4.98 Å². The minimum atomic E-state index is -0.553. The molecule has 0 aliphatic rings. The summed E-state index contributed by atoms with van der Waals surface area (Å²) >= 11 is 6.97. The van der Waals surface area contributed by atoms with Crippen LogP contribution in [0.15, 0.2) is 29.1 Å². The molecule has 7 heteroatoms. The van der Waals surface area contributed by atoms with Gasteiger partial charge in [0.25, 0.3) is 11.5 Å². The zero-order valence-electron chi connectivity index (χ0n) is 10.9. The second-order valence-corrected chi connectivity index (χ2v) is 5.96. The monoisotopic (exact) mass is 319 g/mol. The van der Waals surface area contributed by atoms with Gasteiger partial charge < -0.3 is 10.7 Å². The van der Waals surface area contributed by atoms with Crippen molar-refractivity contribution < 1.29 is 4.79 Å². The number of fused-ring (bicyclic) bond motifs is 1. The average Bonchev–Trinajstić information content (AvgIpc) is 2.77. The lowest BCUT2D eigenvalue weighted by molar-refractivity contribution is 0.100. The van der Waals surface area contributed by atoms with Crippen LogP contribution in [0.3, 0.4) is 0 Å². The fraction of sp³-hybridized carbons (Fsp3) is 0.0714. The number of benzene rings is 1. The molecule has 0 atom stereocenters. The lowest BCUT2D eigenvalue weighted by Crippen LogP contribution is -2.12. The fourth-order valence-electron chi connectivity index (χ4n) is 2.12. The second kappa shape index (κ2) is 4.98. The smallest absolute Gasteiger partial charge is 0.260 e. The van der Waals surface area contributed by atoms with Crippen LogP contribution in [0.25, 0.3) is 21.6 Å². The summed E-state index contributed by atoms with van der Waals surface area (Å²) in [5.74, 6) is -0.121. The van der Waals surface area contributed by atoms with Crippen molar-refractivity contribution in [3.63, 3.8) is 0 Å². The molecule has 3 aromatic rings. The van der Waals surface area contributed by atoms with Crippen LogP contribution in [0.2, 0.25) is 5.02 Å². The number of nitrogens with zero attached hydrogens (tertiary/aromatic N) is 1. The van der Waals surface area contributed by atoms with Gasteiger partial charge in [0.1, 0.15) is 10.7 Å². The van der Waals surface area contributed by atoms with E-state index < -0.39 is 5.91 Å². The van der Waals surface area contributed by atoms with Crippen molar-refractivity contribution in [1.82, 2.24) is 9.97 Å². The number of amides is 1. The lowest BCUT2D eigenvalue weighted by atomic mass is 10.2. The minimum Gasteiger partial charge on any atom is -0.365 e. The van der Waals surface area contributed by atoms with Gasteiger partial charge in [-0.05, 0) is 36.8 Å². The molecule has 3 rings (SSSR count). The number of carbonyl (C=O) groups is 1. The van der Waals surface area contributed by atoms with Crippen LogP contribution in [0.1, 0.15) is 15.2 Å². The predicted molar refractivity (Wildman–Crippen MR) is 83.9 cm³/mol. The van der Waals surface area contributed by atoms with E-state index in [0.717, 1.165) is 16.9 Å². The van der Waals surface area contributed by atoms with Gasteiger partial charge in [-0.3, -0.25) is 9.59 Å². The van der Waals surface area contributed by atoms with Crippen molar-refractivity contribution in [2.75, 3.05) is 0 Å². The highest BCUT2D eigenvalue weighted by molar-refractivity contribution is 7.20. The molecule has 0 spiro atoms. The molecule has 21 heavy (non-hydrogen) atoms. The number of aromatic nitrogens is 2. The number of hydrogen-bond donors (Lipinski definition) is 2. The van der Waals surface area contributed by atoms with E-state index in [4.69, 9.17) is 17.3 Å². The number of halogens is 1. The van der Waals surface area contributed by atoms with Crippen LogP contribution in [0, 0.1) is 6.92 Å². The molecule has 0 aliphatic heterocycles. The molecule has 5 nitrogen and oxygen atoms in total. The number of thiophene rings is 1. The van der Waals surface area contributed by atoms with Gasteiger partial charge in [-0.1, -0.05) is 11.6 Å². The highest BCUT2D eigenvalue weighted by Crippen LogP contribution is 2.28. The van der Waals surface area contributed by atoms with Crippen LogP contribution in [0.4, 0.5) is 0 Å². The van der Waals surface area contributed by atoms with Crippen LogP contribution in [-0.4, -0.2) is 15.9 Å². The van der Waals surface area contributed by atoms with Crippen LogP contribution in [-0.2, 0) is 0 Å². The standard InChI is InChI=1S/C14H10ClN3O2S/c1-6-9-13(20)17-12(7-2-4-8(15)5-3-7)18-14(9)21-10(6)11(16)19/h2-5H,1H3,(H2,16,19)(H,17,18,20). The number of carbonyl (C=O) groups excluding carboxylic acids is 1. The quantitative estimate of drug-likeness (QED) is 0.761. The predicted octanol–water partition coefficient (Wildman–Crippen LogP) is 2.71. The molecule has 106 valence electrons. The Kier molecular flexibility index (Phi) is 3.27. The molecule has 0 fully saturated rings. The first kappa shape index (κ1) is 13.8. The van der Waals surface area contributed by atoms with E-state index >= 15 is 0 Å². The molecule has 1 amide bonds. The van der Waals surface area contributed by atoms with E-state index in [1.807, 2.05) is 0 Å². The summed E-state index contributed by atoms with van der Waals surface area (Å²) in [7, 11) is 0. The molecule has 0 bridgehead atoms. The van der Waals surface area contributed by atoms with Crippen molar-refractivity contribution in [3.8, 4) is 11.4 Å². The number of aryl methyl sites for hydroxylation is 1. The van der Waals surface area contributed by atoms with Gasteiger partial charge in [0.15, 0.2) is 0 Å². The number of nitrogens with one attached hydrogen (secondary N) is 1. The summed E-state index contributed by atoms with van der Waals surface area (Å²) in [6.45, 7) is 1.69. The Morgan fingerprint density at radius 2 is 2.00 bits per heavy atom. The number of nitrogens with two attached hydrogens (primary N) is 1. The third kappa shape index (κ3) is 2.32. The second-order valence-electron chi connectivity index (χ2n) is 4.52. The summed E-state index contributed by atoms with van der Waals surface area (Å²) in [4.78, 5) is 31.6. The van der Waals surface area contributed by atoms with E-state index in [9.17, 15) is 9.59 Å². The van der Waals surface area contributed by atoms with Crippen molar-refractivity contribution in [1.29, 1.82) is 0 Å². The molecular weight excluding hydrogens is 310 g/mol. The number of hydrogen-bond acceptors (Lipinski definition) is 4. The van der Waals surface area contributed by atoms with Gasteiger partial charge in [-0.15, -0.1) is 11.3 Å². The Bertz CT molecular complexity index is 912. The first-order chi connectivity index (χ1) is 9.97. The lowest BCUT2D eigenvalue weighted by Gasteiger charge is -2.01. The van der Waals surface area contributed by atoms with Crippen molar-refractivity contribution >= 4 is 39.1 Å². The minimum absolute atomic E-state index is 0.286. The molecule has 2 aromatic heterocycles. The van der Waals surface area contributed by atoms with E-state index in [0.29, 0.717) is 31.5 Å². The zero-order valence-corrected chi connectivity index (χ0v) is 12.5. The largest absolute Gasteiger partial charge is 0.365 e. The zero-order chi connectivity index (χ0) is 15.1. The number of H-pyrrole nitrogens is 1. The Hall–Kier alpha value is -2.18. The molecule has 0 saturated carbocycles. The molecule has 0 aliphatic carbocycles. The van der Waals surface area contributed by atoms with Gasteiger partial charge >= 0.3 is 0 Å². The Morgan fingerprint density at radius 3 is 2.62 bits per heavy atom. The Labute approximate surface area is 128 Å². The third-order valence-corrected chi connectivity index (χ3v) is 4.59. The van der Waals surface area contributed by atoms with Crippen LogP contribution in [0.5, 0.6) is 0 Å². The van der Waals surface area contributed by atoms with E-state index in [1.165, 1.54) is 0 Å². The maximum atomic E-state index is 12.2. The van der Waals surface area contributed by atoms with Crippen molar-refractivity contribution in [2.45, 2.75) is 6.92 Å². The molecule has 0 saturated heterocycles. The van der Waals surface area contributed by atoms with E-state index in [-0.39, 0.29) is 5.56 Å². The van der Waals surface area contributed by atoms with E-state index in [2.05, 4.69) is 9.97 Å². The van der Waals surface area contributed by atoms with Gasteiger partial charge in [0.05, 0.1) is 10.3 Å². The summed E-state index contributed by atoms with van der Waals surface area (Å²) in [5, 5.41) is 1.01. The Morgan fingerprint density at radius 1 is 1.33 bits per heavy atom. The topological polar surface area (TPSA) is 88.8 Å². The highest BCUT2D eigenvalue weighted by Gasteiger charge is 2.17. The normalized spacial score (nSPS) is 11.0. The molecule has 0 unspecified atom stereocenters. The first-order valence-electron chi connectivity index (χ1n) is 6.06. The van der Waals surface area contributed by atoms with Crippen molar-refractivity contribution in [3.05, 3.63) is 50.1 Å². The van der Waals surface area contributed by atoms with Crippen molar-refractivity contribution in [2.24, 2.45) is 5.73 Å². The SMILES string of the molecule is Cc1c(C(N)=O)sc2nc(-c3ccc(Cl)cc3)[nH]c(=O)c12. The maximum absolute atomic E-state index is 12.2. The third-order valence-electron chi connectivity index (χ3n) is 3.14. The van der Waals surface area contributed by atoms with Crippen LogP contribution >= 0.6 is 22.9 Å². The summed E-state index contributed by atoms with van der Waals surface area (Å²) in [5.41, 5.74) is 6.33. The van der Waals surface area contributed by atoms with E-state index in [1.54, 1.807) is 31.2 Å². The summed E-state index contributed by atoms with van der Waals surface area (Å²) < 4.78 is 0. The highest BCUT2D eigenvalue weighted by atomic mass is 35.5. The molecule has 2 heterocycles. The van der Waals surface area contributed by atoms with Gasteiger partial charge in [-0.2, -0.15) is 0 Å². The Balaban J connectivity index is 2.26. The number of rotatable bonds is 2. The molecule has 3 N–H and O–H groups in total. The average molecular weight is 320 g/mol. The van der Waals surface area contributed by atoms with Gasteiger partial charge in [0, 0.05) is 10.6 Å². The number of aromatic amines is 1. The summed E-state index contributed by atoms with van der Waals surface area (Å²) in [6, 6.07) is 6.97. The fourth-order valence-corrected chi connectivity index (χ4v) is 3.28. The summed E-state index contributed by atoms with van der Waals surface area (Å²) in [6.07, 6.45) is 0. The van der Waals surface area contributed by atoms with Crippen LogP contribution < -0.4 is 11.3 Å². The maximum Gasteiger partial charge on any atom is 0.260 e. The molecule has 1 aromatic carbocycles. The first-order valence-corrected chi connectivity index (χ1v) is 7.26. The van der Waals surface area contributed by atoms with Gasteiger partial charge in [0.2, 0.25) is 0 Å². The molecular formula is C14H10ClN3O2S. The molecule has 0 radical (unpaired) electrons. The number of primary amides is 1.